The number of rotatable bonds is 3. The number of nitrogens with zero attached hydrogens (tertiary/aromatic N) is 1. The van der Waals surface area contributed by atoms with Gasteiger partial charge in [0.05, 0.1) is 17.3 Å². The van der Waals surface area contributed by atoms with Crippen molar-refractivity contribution in [2.24, 2.45) is 0 Å². The number of hydrogen-bond donors (Lipinski definition) is 1. The third kappa shape index (κ3) is 2.60. The average molecular weight is 322 g/mol. The van der Waals surface area contributed by atoms with Gasteiger partial charge in [-0.25, -0.2) is 9.18 Å². The van der Waals surface area contributed by atoms with Crippen LogP contribution in [0, 0.1) is 5.82 Å². The number of ether oxygens (including phenoxy) is 1. The first-order chi connectivity index (χ1) is 10.6. The fraction of sp³-hybridized carbons (Fsp3) is 0.188. The van der Waals surface area contributed by atoms with Crippen LogP contribution in [-0.4, -0.2) is 24.2 Å². The third-order valence-electron chi connectivity index (χ3n) is 3.52. The summed E-state index contributed by atoms with van der Waals surface area (Å²) in [7, 11) is 0. The molecule has 0 saturated heterocycles. The predicted molar refractivity (Wildman–Crippen MR) is 81.4 cm³/mol. The molecule has 0 aliphatic carbocycles. The van der Waals surface area contributed by atoms with Crippen molar-refractivity contribution in [3.05, 3.63) is 58.4 Å². The summed E-state index contributed by atoms with van der Waals surface area (Å²) in [4.78, 5) is 13.3. The fourth-order valence-corrected chi connectivity index (χ4v) is 2.75. The zero-order valence-corrected chi connectivity index (χ0v) is 12.3. The summed E-state index contributed by atoms with van der Waals surface area (Å²) in [6.07, 6.45) is 0. The second-order valence-corrected chi connectivity index (χ2v) is 5.36. The maximum atomic E-state index is 14.2. The van der Waals surface area contributed by atoms with Crippen LogP contribution in [0.3, 0.4) is 0 Å². The summed E-state index contributed by atoms with van der Waals surface area (Å²) in [5.74, 6) is -2.00. The standard InChI is InChI=1S/C16H13ClFNO3/c17-11-8-12-15(13(14(11)18)16(20)21)19(6-7-22-12)9-10-4-2-1-3-5-10/h1-5,8H,6-7,9H2,(H,20,21). The highest BCUT2D eigenvalue weighted by atomic mass is 35.5. The first kappa shape index (κ1) is 14.7. The van der Waals surface area contributed by atoms with Crippen molar-refractivity contribution < 1.29 is 19.0 Å². The maximum Gasteiger partial charge on any atom is 0.341 e. The van der Waals surface area contributed by atoms with E-state index in [9.17, 15) is 14.3 Å². The molecule has 1 aliphatic rings. The molecule has 0 radical (unpaired) electrons. The summed E-state index contributed by atoms with van der Waals surface area (Å²) < 4.78 is 19.6. The lowest BCUT2D eigenvalue weighted by molar-refractivity contribution is 0.0691. The number of anilines is 1. The molecule has 0 fully saturated rings. The molecule has 4 nitrogen and oxygen atoms in total. The molecule has 0 spiro atoms. The zero-order valence-electron chi connectivity index (χ0n) is 11.6. The summed E-state index contributed by atoms with van der Waals surface area (Å²) in [6.45, 7) is 1.34. The third-order valence-corrected chi connectivity index (χ3v) is 3.80. The number of benzene rings is 2. The van der Waals surface area contributed by atoms with Gasteiger partial charge in [0.2, 0.25) is 0 Å². The summed E-state index contributed by atoms with van der Waals surface area (Å²) in [6, 6.07) is 10.9. The molecular weight excluding hydrogens is 309 g/mol. The first-order valence-electron chi connectivity index (χ1n) is 6.75. The van der Waals surface area contributed by atoms with E-state index in [-0.39, 0.29) is 10.7 Å². The van der Waals surface area contributed by atoms with Gasteiger partial charge in [-0.2, -0.15) is 0 Å². The van der Waals surface area contributed by atoms with Crippen molar-refractivity contribution in [3.63, 3.8) is 0 Å². The van der Waals surface area contributed by atoms with Crippen LogP contribution in [0.5, 0.6) is 5.75 Å². The van der Waals surface area contributed by atoms with Crippen molar-refractivity contribution in [2.45, 2.75) is 6.54 Å². The lowest BCUT2D eigenvalue weighted by Gasteiger charge is -2.32. The van der Waals surface area contributed by atoms with Crippen LogP contribution in [-0.2, 0) is 6.54 Å². The van der Waals surface area contributed by atoms with E-state index < -0.39 is 17.3 Å². The average Bonchev–Trinajstić information content (AvgIpc) is 2.50. The molecule has 1 aliphatic heterocycles. The number of halogens is 2. The number of hydrogen-bond acceptors (Lipinski definition) is 3. The molecule has 0 saturated carbocycles. The van der Waals surface area contributed by atoms with Gasteiger partial charge in [-0.1, -0.05) is 41.9 Å². The minimum atomic E-state index is -1.36. The normalized spacial score (nSPS) is 13.5. The van der Waals surface area contributed by atoms with Gasteiger partial charge in [0, 0.05) is 12.6 Å². The minimum Gasteiger partial charge on any atom is -0.489 e. The molecular formula is C16H13ClFNO3. The van der Waals surface area contributed by atoms with Crippen molar-refractivity contribution in [3.8, 4) is 5.75 Å². The van der Waals surface area contributed by atoms with Crippen molar-refractivity contribution in [2.75, 3.05) is 18.1 Å². The second kappa shape index (κ2) is 5.85. The van der Waals surface area contributed by atoms with Crippen molar-refractivity contribution >= 4 is 23.3 Å². The number of carboxylic acids is 1. The Kier molecular flexibility index (Phi) is 3.90. The molecule has 1 heterocycles. The van der Waals surface area contributed by atoms with Crippen LogP contribution in [0.4, 0.5) is 10.1 Å². The van der Waals surface area contributed by atoms with Gasteiger partial charge in [0.1, 0.15) is 17.9 Å². The number of aromatic carboxylic acids is 1. The van der Waals surface area contributed by atoms with Gasteiger partial charge in [0.15, 0.2) is 5.82 Å². The Morgan fingerprint density at radius 3 is 2.77 bits per heavy atom. The lowest BCUT2D eigenvalue weighted by Crippen LogP contribution is -2.34. The number of fused-ring (bicyclic) bond motifs is 1. The smallest absolute Gasteiger partial charge is 0.341 e. The largest absolute Gasteiger partial charge is 0.489 e. The highest BCUT2D eigenvalue weighted by Crippen LogP contribution is 2.40. The molecule has 3 rings (SSSR count). The van der Waals surface area contributed by atoms with Gasteiger partial charge in [-0.3, -0.25) is 0 Å². The molecule has 0 amide bonds. The van der Waals surface area contributed by atoms with Crippen LogP contribution < -0.4 is 9.64 Å². The summed E-state index contributed by atoms with van der Waals surface area (Å²) in [5.41, 5.74) is 0.796. The topological polar surface area (TPSA) is 49.8 Å². The van der Waals surface area contributed by atoms with Crippen molar-refractivity contribution in [1.29, 1.82) is 0 Å². The van der Waals surface area contributed by atoms with E-state index in [0.717, 1.165) is 5.56 Å². The van der Waals surface area contributed by atoms with Crippen molar-refractivity contribution in [1.82, 2.24) is 0 Å². The lowest BCUT2D eigenvalue weighted by atomic mass is 10.1. The Morgan fingerprint density at radius 2 is 2.09 bits per heavy atom. The van der Waals surface area contributed by atoms with E-state index >= 15 is 0 Å². The van der Waals surface area contributed by atoms with E-state index in [1.807, 2.05) is 30.3 Å². The summed E-state index contributed by atoms with van der Waals surface area (Å²) >= 11 is 5.77. The second-order valence-electron chi connectivity index (χ2n) is 4.95. The number of carbonyl (C=O) groups is 1. The molecule has 1 N–H and O–H groups in total. The van der Waals surface area contributed by atoms with E-state index in [4.69, 9.17) is 16.3 Å². The monoisotopic (exact) mass is 321 g/mol. The van der Waals surface area contributed by atoms with E-state index in [0.29, 0.717) is 25.4 Å². The van der Waals surface area contributed by atoms with E-state index in [1.54, 1.807) is 4.90 Å². The van der Waals surface area contributed by atoms with E-state index in [2.05, 4.69) is 0 Å². The molecule has 0 aromatic heterocycles. The van der Waals surface area contributed by atoms with Crippen LogP contribution in [0.1, 0.15) is 15.9 Å². The molecule has 0 atom stereocenters. The van der Waals surface area contributed by atoms with E-state index in [1.165, 1.54) is 6.07 Å². The highest BCUT2D eigenvalue weighted by Gasteiger charge is 2.30. The van der Waals surface area contributed by atoms with Gasteiger partial charge < -0.3 is 14.7 Å². The Bertz CT molecular complexity index is 721. The summed E-state index contributed by atoms with van der Waals surface area (Å²) in [5, 5.41) is 9.10. The Labute approximate surface area is 131 Å². The SMILES string of the molecule is O=C(O)c1c(F)c(Cl)cc2c1N(Cc1ccccc1)CCO2. The predicted octanol–water partition coefficient (Wildman–Crippen LogP) is 3.58. The molecule has 2 aromatic rings. The maximum absolute atomic E-state index is 14.2. The molecule has 2 aromatic carbocycles. The van der Waals surface area contributed by atoms with Crippen LogP contribution in [0.25, 0.3) is 0 Å². The quantitative estimate of drug-likeness (QED) is 0.939. The minimum absolute atomic E-state index is 0.240. The molecule has 0 bridgehead atoms. The Balaban J connectivity index is 2.08. The van der Waals surface area contributed by atoms with Gasteiger partial charge in [-0.15, -0.1) is 0 Å². The van der Waals surface area contributed by atoms with Gasteiger partial charge in [0.25, 0.3) is 0 Å². The Hall–Kier alpha value is -2.27. The zero-order chi connectivity index (χ0) is 15.7. The molecule has 6 heteroatoms. The molecule has 0 unspecified atom stereocenters. The first-order valence-corrected chi connectivity index (χ1v) is 7.12. The fourth-order valence-electron chi connectivity index (χ4n) is 2.55. The number of carboxylic acid groups (broad SMARTS) is 1. The van der Waals surface area contributed by atoms with Gasteiger partial charge >= 0.3 is 5.97 Å². The molecule has 114 valence electrons. The molecule has 22 heavy (non-hydrogen) atoms. The Morgan fingerprint density at radius 1 is 1.36 bits per heavy atom. The van der Waals surface area contributed by atoms with Crippen LogP contribution >= 0.6 is 11.6 Å². The van der Waals surface area contributed by atoms with Crippen LogP contribution in [0.15, 0.2) is 36.4 Å². The highest BCUT2D eigenvalue weighted by molar-refractivity contribution is 6.31. The van der Waals surface area contributed by atoms with Gasteiger partial charge in [-0.05, 0) is 5.56 Å². The van der Waals surface area contributed by atoms with Crippen LogP contribution in [0.2, 0.25) is 5.02 Å².